The molecule has 3 rings (SSSR count). The second-order valence-corrected chi connectivity index (χ2v) is 11.1. The molecule has 0 spiro atoms. The average molecular weight is 513 g/mol. The summed E-state index contributed by atoms with van der Waals surface area (Å²) in [6.07, 6.45) is 16.1. The number of unbranched alkanes of at least 4 members (excludes halogenated alkanes) is 6. The van der Waals surface area contributed by atoms with Crippen LogP contribution in [0.1, 0.15) is 139 Å². The number of rotatable bonds is 16. The lowest BCUT2D eigenvalue weighted by atomic mass is 9.90. The molecule has 2 aromatic carbocycles. The lowest BCUT2D eigenvalue weighted by molar-refractivity contribution is -0.345. The molecular formula is C36H52N2. The molecule has 2 aromatic rings. The lowest BCUT2D eigenvalue weighted by Gasteiger charge is -2.13. The molecule has 0 N–H and O–H groups in total. The first-order chi connectivity index (χ1) is 18.5. The normalized spacial score (nSPS) is 13.8. The van der Waals surface area contributed by atoms with Crippen LogP contribution in [0.15, 0.2) is 47.5 Å². The maximum atomic E-state index is 12.0. The predicted octanol–water partition coefficient (Wildman–Crippen LogP) is 11.0. The van der Waals surface area contributed by atoms with E-state index in [1.165, 1.54) is 83.1 Å². The fourth-order valence-electron chi connectivity index (χ4n) is 5.84. The Hall–Kier alpha value is -2.48. The number of allylic oxidation sites excluding steroid dienone is 2. The second-order valence-electron chi connectivity index (χ2n) is 11.1. The Morgan fingerprint density at radius 1 is 0.474 bits per heavy atom. The van der Waals surface area contributed by atoms with E-state index in [0.717, 1.165) is 62.8 Å². The molecule has 0 saturated heterocycles. The van der Waals surface area contributed by atoms with Gasteiger partial charge in [0.2, 0.25) is 11.4 Å². The van der Waals surface area contributed by atoms with Gasteiger partial charge in [0.1, 0.15) is 0 Å². The van der Waals surface area contributed by atoms with Crippen molar-refractivity contribution in [2.24, 2.45) is 0 Å². The van der Waals surface area contributed by atoms with Gasteiger partial charge in [0.05, 0.1) is 0 Å². The van der Waals surface area contributed by atoms with Crippen molar-refractivity contribution >= 4 is 11.4 Å². The summed E-state index contributed by atoms with van der Waals surface area (Å²) >= 11 is 0. The quantitative estimate of drug-likeness (QED) is 0.158. The van der Waals surface area contributed by atoms with E-state index in [-0.39, 0.29) is 0 Å². The van der Waals surface area contributed by atoms with Crippen molar-refractivity contribution in [2.45, 2.75) is 131 Å². The molecule has 1 heterocycles. The van der Waals surface area contributed by atoms with E-state index < -0.39 is 0 Å². The van der Waals surface area contributed by atoms with Crippen LogP contribution in [0.4, 0.5) is 0 Å². The van der Waals surface area contributed by atoms with Gasteiger partial charge in [0.25, 0.3) is 0 Å². The van der Waals surface area contributed by atoms with Crippen molar-refractivity contribution in [1.82, 2.24) is 0 Å². The maximum Gasteiger partial charge on any atom is 0.211 e. The Kier molecular flexibility index (Phi) is 12.0. The van der Waals surface area contributed by atoms with E-state index in [1.54, 1.807) is 4.70 Å². The largest absolute Gasteiger partial charge is 0.493 e. The van der Waals surface area contributed by atoms with Crippen molar-refractivity contribution in [3.05, 3.63) is 86.5 Å². The Labute approximate surface area is 233 Å². The number of nitrogens with zero attached hydrogens (tertiary/aromatic N) is 2. The van der Waals surface area contributed by atoms with Gasteiger partial charge in [0.15, 0.2) is 0 Å². The van der Waals surface area contributed by atoms with Gasteiger partial charge < -0.3 is 5.53 Å². The van der Waals surface area contributed by atoms with Crippen molar-refractivity contribution in [3.8, 4) is 0 Å². The molecule has 2 nitrogen and oxygen atoms in total. The molecule has 1 aliphatic heterocycles. The third kappa shape index (κ3) is 7.33. The first kappa shape index (κ1) is 30.1. The van der Waals surface area contributed by atoms with Crippen LogP contribution in [0.5, 0.6) is 0 Å². The molecule has 2 heteroatoms. The van der Waals surface area contributed by atoms with Gasteiger partial charge >= 0.3 is 0 Å². The minimum Gasteiger partial charge on any atom is -0.493 e. The van der Waals surface area contributed by atoms with Crippen LogP contribution < -0.4 is 0 Å². The van der Waals surface area contributed by atoms with Crippen LogP contribution in [0, 0.1) is 0 Å². The third-order valence-corrected chi connectivity index (χ3v) is 8.21. The van der Waals surface area contributed by atoms with Crippen LogP contribution in [-0.4, -0.2) is 4.70 Å². The number of hydrogen-bond donors (Lipinski definition) is 0. The van der Waals surface area contributed by atoms with E-state index in [9.17, 15) is 5.53 Å². The SMILES string of the molecule is CCCCCCCCC1=C(c2cc(CC)cc(CC)c2)[N+](=[N-])C(c2cc(CC)cc(CC)c2)=C1CCCC. The van der Waals surface area contributed by atoms with Crippen molar-refractivity contribution in [2.75, 3.05) is 0 Å². The summed E-state index contributed by atoms with van der Waals surface area (Å²) < 4.78 is 1.58. The number of hydrogen-bond acceptors (Lipinski definition) is 0. The van der Waals surface area contributed by atoms with E-state index in [0.29, 0.717) is 0 Å². The molecule has 0 aromatic heterocycles. The fraction of sp³-hybridized carbons (Fsp3) is 0.556. The first-order valence-corrected chi connectivity index (χ1v) is 15.7. The van der Waals surface area contributed by atoms with Gasteiger partial charge in [-0.3, -0.25) is 0 Å². The summed E-state index contributed by atoms with van der Waals surface area (Å²) in [5.41, 5.74) is 24.6. The summed E-state index contributed by atoms with van der Waals surface area (Å²) in [6, 6.07) is 13.9. The molecule has 1 aliphatic rings. The van der Waals surface area contributed by atoms with Gasteiger partial charge in [-0.05, 0) is 97.9 Å². The van der Waals surface area contributed by atoms with Gasteiger partial charge in [-0.15, -0.1) is 0 Å². The standard InChI is InChI=1S/C36H52N2/c1-7-13-15-16-17-18-20-34-33(19-14-8-2)35(31-23-27(9-3)21-28(10-4)24-31)38(37)36(34)32-25-29(11-5)22-30(12-6)26-32/h21-26H,7-20H2,1-6H3. The van der Waals surface area contributed by atoms with E-state index in [1.807, 2.05) is 0 Å². The van der Waals surface area contributed by atoms with Crippen LogP contribution in [0.3, 0.4) is 0 Å². The summed E-state index contributed by atoms with van der Waals surface area (Å²) in [5.74, 6) is 0. The van der Waals surface area contributed by atoms with E-state index in [2.05, 4.69) is 77.9 Å². The highest BCUT2D eigenvalue weighted by atomic mass is 15.2. The second kappa shape index (κ2) is 15.2. The van der Waals surface area contributed by atoms with Gasteiger partial charge in [-0.1, -0.05) is 92.2 Å². The Morgan fingerprint density at radius 3 is 1.24 bits per heavy atom. The molecule has 0 saturated carbocycles. The molecule has 0 radical (unpaired) electrons. The number of benzene rings is 2. The molecule has 0 amide bonds. The van der Waals surface area contributed by atoms with Gasteiger partial charge in [-0.25, -0.2) is 4.70 Å². The lowest BCUT2D eigenvalue weighted by Crippen LogP contribution is -2.05. The molecule has 0 fully saturated rings. The zero-order chi connectivity index (χ0) is 27.5. The minimum atomic E-state index is 1.01. The monoisotopic (exact) mass is 512 g/mol. The summed E-state index contributed by atoms with van der Waals surface area (Å²) in [4.78, 5) is 0. The van der Waals surface area contributed by atoms with Gasteiger partial charge in [-0.2, -0.15) is 0 Å². The minimum absolute atomic E-state index is 1.01. The third-order valence-electron chi connectivity index (χ3n) is 8.21. The van der Waals surface area contributed by atoms with Gasteiger partial charge in [0, 0.05) is 22.3 Å². The summed E-state index contributed by atoms with van der Waals surface area (Å²) in [5, 5.41) is 0. The van der Waals surface area contributed by atoms with E-state index in [4.69, 9.17) is 0 Å². The maximum absolute atomic E-state index is 12.0. The fourth-order valence-corrected chi connectivity index (χ4v) is 5.84. The van der Waals surface area contributed by atoms with E-state index >= 15 is 0 Å². The molecule has 206 valence electrons. The first-order valence-electron chi connectivity index (χ1n) is 15.7. The Balaban J connectivity index is 2.16. The predicted molar refractivity (Wildman–Crippen MR) is 165 cm³/mol. The smallest absolute Gasteiger partial charge is 0.211 e. The van der Waals surface area contributed by atoms with Crippen molar-refractivity contribution in [3.63, 3.8) is 0 Å². The zero-order valence-corrected chi connectivity index (χ0v) is 25.3. The Bertz CT molecular complexity index is 1100. The Morgan fingerprint density at radius 2 is 0.842 bits per heavy atom. The summed E-state index contributed by atoms with van der Waals surface area (Å²) in [6.45, 7) is 13.5. The molecule has 0 aliphatic carbocycles. The zero-order valence-electron chi connectivity index (χ0n) is 25.3. The summed E-state index contributed by atoms with van der Waals surface area (Å²) in [7, 11) is 0. The highest BCUT2D eigenvalue weighted by Gasteiger charge is 2.35. The van der Waals surface area contributed by atoms with Crippen LogP contribution in [0.25, 0.3) is 16.9 Å². The molecule has 0 atom stereocenters. The molecular weight excluding hydrogens is 460 g/mol. The van der Waals surface area contributed by atoms with Crippen LogP contribution in [0.2, 0.25) is 0 Å². The highest BCUT2D eigenvalue weighted by molar-refractivity contribution is 5.82. The topological polar surface area (TPSA) is 25.3 Å². The van der Waals surface area contributed by atoms with Crippen molar-refractivity contribution < 1.29 is 4.70 Å². The van der Waals surface area contributed by atoms with Crippen LogP contribution in [-0.2, 0) is 25.7 Å². The molecule has 0 bridgehead atoms. The number of aryl methyl sites for hydroxylation is 4. The average Bonchev–Trinajstić information content (AvgIpc) is 3.23. The molecule has 0 unspecified atom stereocenters. The van der Waals surface area contributed by atoms with Crippen molar-refractivity contribution in [1.29, 1.82) is 0 Å². The highest BCUT2D eigenvalue weighted by Crippen LogP contribution is 2.45. The molecule has 38 heavy (non-hydrogen) atoms. The van der Waals surface area contributed by atoms with Crippen LogP contribution >= 0.6 is 0 Å².